The second-order valence-corrected chi connectivity index (χ2v) is 5.84. The van der Waals surface area contributed by atoms with E-state index in [4.69, 9.17) is 0 Å². The first-order chi connectivity index (χ1) is 8.59. The number of nitrogens with one attached hydrogen (secondary N) is 1. The van der Waals surface area contributed by atoms with Gasteiger partial charge in [-0.3, -0.25) is 0 Å². The molecule has 1 unspecified atom stereocenters. The molecule has 2 nitrogen and oxygen atoms in total. The highest BCUT2D eigenvalue weighted by Crippen LogP contribution is 2.30. The quantitative estimate of drug-likeness (QED) is 0.877. The summed E-state index contributed by atoms with van der Waals surface area (Å²) < 4.78 is 0. The van der Waals surface area contributed by atoms with Crippen LogP contribution < -0.4 is 10.2 Å². The normalized spacial score (nSPS) is 19.5. The smallest absolute Gasteiger partial charge is 0.0429 e. The average molecular weight is 246 g/mol. The molecule has 1 N–H and O–H groups in total. The van der Waals surface area contributed by atoms with E-state index in [-0.39, 0.29) is 0 Å². The van der Waals surface area contributed by atoms with E-state index in [0.717, 1.165) is 6.54 Å². The Balaban J connectivity index is 2.19. The molecule has 18 heavy (non-hydrogen) atoms. The molecule has 1 fully saturated rings. The Hall–Kier alpha value is -1.02. The van der Waals surface area contributed by atoms with Gasteiger partial charge in [0, 0.05) is 25.3 Å². The molecule has 1 aromatic rings. The standard InChI is InChI=1S/C16H26N2/c1-12(2)15-9-5-7-13(3)16(15)18(4)11-14-8-6-10-17-14/h5,7,9,12,14,17H,6,8,10-11H2,1-4H3. The van der Waals surface area contributed by atoms with Gasteiger partial charge in [-0.25, -0.2) is 0 Å². The molecule has 1 aliphatic heterocycles. The SMILES string of the molecule is Cc1cccc(C(C)C)c1N(C)CC1CCCN1. The van der Waals surface area contributed by atoms with Gasteiger partial charge in [-0.2, -0.15) is 0 Å². The van der Waals surface area contributed by atoms with Crippen molar-refractivity contribution in [3.63, 3.8) is 0 Å². The minimum Gasteiger partial charge on any atom is -0.373 e. The number of hydrogen-bond donors (Lipinski definition) is 1. The minimum atomic E-state index is 0.582. The molecule has 100 valence electrons. The highest BCUT2D eigenvalue weighted by molar-refractivity contribution is 5.60. The van der Waals surface area contributed by atoms with Crippen LogP contribution in [0.25, 0.3) is 0 Å². The summed E-state index contributed by atoms with van der Waals surface area (Å²) >= 11 is 0. The van der Waals surface area contributed by atoms with Crippen LogP contribution in [0.15, 0.2) is 18.2 Å². The van der Waals surface area contributed by atoms with Crippen LogP contribution in [0.4, 0.5) is 5.69 Å². The van der Waals surface area contributed by atoms with Crippen molar-refractivity contribution in [3.8, 4) is 0 Å². The average Bonchev–Trinajstić information content (AvgIpc) is 2.81. The van der Waals surface area contributed by atoms with E-state index in [1.165, 1.54) is 36.2 Å². The molecular formula is C16H26N2. The van der Waals surface area contributed by atoms with Gasteiger partial charge < -0.3 is 10.2 Å². The maximum absolute atomic E-state index is 3.58. The topological polar surface area (TPSA) is 15.3 Å². The molecule has 0 spiro atoms. The number of hydrogen-bond acceptors (Lipinski definition) is 2. The van der Waals surface area contributed by atoms with Gasteiger partial charge in [0.15, 0.2) is 0 Å². The molecule has 2 heteroatoms. The third-order valence-electron chi connectivity index (χ3n) is 3.93. The van der Waals surface area contributed by atoms with Crippen LogP contribution in [0.3, 0.4) is 0 Å². The number of nitrogens with zero attached hydrogens (tertiary/aromatic N) is 1. The van der Waals surface area contributed by atoms with Crippen LogP contribution in [0.2, 0.25) is 0 Å². The van der Waals surface area contributed by atoms with Gasteiger partial charge in [0.1, 0.15) is 0 Å². The van der Waals surface area contributed by atoms with E-state index in [9.17, 15) is 0 Å². The summed E-state index contributed by atoms with van der Waals surface area (Å²) in [6.07, 6.45) is 2.64. The predicted molar refractivity (Wildman–Crippen MR) is 79.6 cm³/mol. The first kappa shape index (κ1) is 13.4. The van der Waals surface area contributed by atoms with Crippen molar-refractivity contribution in [2.75, 3.05) is 25.0 Å². The number of aryl methyl sites for hydroxylation is 1. The van der Waals surface area contributed by atoms with Crippen LogP contribution in [0.5, 0.6) is 0 Å². The molecule has 0 amide bonds. The lowest BCUT2D eigenvalue weighted by molar-refractivity contribution is 0.598. The highest BCUT2D eigenvalue weighted by atomic mass is 15.1. The van der Waals surface area contributed by atoms with Crippen LogP contribution in [0.1, 0.15) is 43.7 Å². The Morgan fingerprint density at radius 3 is 2.78 bits per heavy atom. The Bertz CT molecular complexity index is 392. The zero-order valence-electron chi connectivity index (χ0n) is 12.2. The zero-order valence-corrected chi connectivity index (χ0v) is 12.2. The van der Waals surface area contributed by atoms with Crippen molar-refractivity contribution in [2.45, 2.75) is 45.6 Å². The molecule has 1 saturated heterocycles. The van der Waals surface area contributed by atoms with Gasteiger partial charge in [-0.15, -0.1) is 0 Å². The van der Waals surface area contributed by atoms with Gasteiger partial charge in [-0.05, 0) is 43.4 Å². The zero-order chi connectivity index (χ0) is 13.1. The second-order valence-electron chi connectivity index (χ2n) is 5.84. The lowest BCUT2D eigenvalue weighted by Crippen LogP contribution is -2.36. The van der Waals surface area contributed by atoms with E-state index in [0.29, 0.717) is 12.0 Å². The minimum absolute atomic E-state index is 0.582. The lowest BCUT2D eigenvalue weighted by Gasteiger charge is -2.28. The summed E-state index contributed by atoms with van der Waals surface area (Å²) in [7, 11) is 2.23. The van der Waals surface area contributed by atoms with Gasteiger partial charge in [0.2, 0.25) is 0 Å². The number of para-hydroxylation sites is 1. The summed E-state index contributed by atoms with van der Waals surface area (Å²) in [5.41, 5.74) is 4.29. The van der Waals surface area contributed by atoms with E-state index in [2.05, 4.69) is 56.2 Å². The fourth-order valence-electron chi connectivity index (χ4n) is 3.00. The van der Waals surface area contributed by atoms with Gasteiger partial charge >= 0.3 is 0 Å². The van der Waals surface area contributed by atoms with E-state index >= 15 is 0 Å². The number of rotatable bonds is 4. The largest absolute Gasteiger partial charge is 0.373 e. The Labute approximate surface area is 111 Å². The van der Waals surface area contributed by atoms with Crippen molar-refractivity contribution < 1.29 is 0 Å². The summed E-state index contributed by atoms with van der Waals surface area (Å²) in [5.74, 6) is 0.582. The van der Waals surface area contributed by atoms with Crippen molar-refractivity contribution in [1.82, 2.24) is 5.32 Å². The van der Waals surface area contributed by atoms with Crippen molar-refractivity contribution in [1.29, 1.82) is 0 Å². The van der Waals surface area contributed by atoms with E-state index in [1.54, 1.807) is 0 Å². The molecule has 0 aromatic heterocycles. The molecule has 1 atom stereocenters. The second kappa shape index (κ2) is 5.75. The first-order valence-electron chi connectivity index (χ1n) is 7.13. The Morgan fingerprint density at radius 1 is 1.39 bits per heavy atom. The molecule has 0 saturated carbocycles. The Morgan fingerprint density at radius 2 is 2.17 bits per heavy atom. The fraction of sp³-hybridized carbons (Fsp3) is 0.625. The Kier molecular flexibility index (Phi) is 4.28. The molecular weight excluding hydrogens is 220 g/mol. The van der Waals surface area contributed by atoms with Crippen molar-refractivity contribution >= 4 is 5.69 Å². The van der Waals surface area contributed by atoms with Crippen LogP contribution in [-0.2, 0) is 0 Å². The fourth-order valence-corrected chi connectivity index (χ4v) is 3.00. The summed E-state index contributed by atoms with van der Waals surface area (Å²) in [5, 5.41) is 3.58. The molecule has 1 aromatic carbocycles. The summed E-state index contributed by atoms with van der Waals surface area (Å²) in [6.45, 7) is 9.08. The molecule has 2 rings (SSSR count). The monoisotopic (exact) mass is 246 g/mol. The third-order valence-corrected chi connectivity index (χ3v) is 3.93. The van der Waals surface area contributed by atoms with Crippen LogP contribution in [0, 0.1) is 6.92 Å². The third kappa shape index (κ3) is 2.86. The van der Waals surface area contributed by atoms with Crippen molar-refractivity contribution in [3.05, 3.63) is 29.3 Å². The van der Waals surface area contributed by atoms with Crippen LogP contribution in [-0.4, -0.2) is 26.2 Å². The predicted octanol–water partition coefficient (Wildman–Crippen LogP) is 3.31. The van der Waals surface area contributed by atoms with Crippen LogP contribution >= 0.6 is 0 Å². The molecule has 1 aliphatic rings. The molecule has 0 radical (unpaired) electrons. The van der Waals surface area contributed by atoms with E-state index < -0.39 is 0 Å². The summed E-state index contributed by atoms with van der Waals surface area (Å²) in [4.78, 5) is 2.44. The molecule has 0 bridgehead atoms. The summed E-state index contributed by atoms with van der Waals surface area (Å²) in [6, 6.07) is 7.33. The maximum atomic E-state index is 3.58. The van der Waals surface area contributed by atoms with Gasteiger partial charge in [0.25, 0.3) is 0 Å². The van der Waals surface area contributed by atoms with Gasteiger partial charge in [0.05, 0.1) is 0 Å². The number of anilines is 1. The molecule has 1 heterocycles. The number of likely N-dealkylation sites (N-methyl/N-ethyl adjacent to an activating group) is 1. The first-order valence-corrected chi connectivity index (χ1v) is 7.13. The highest BCUT2D eigenvalue weighted by Gasteiger charge is 2.19. The van der Waals surface area contributed by atoms with E-state index in [1.807, 2.05) is 0 Å². The van der Waals surface area contributed by atoms with Crippen molar-refractivity contribution in [2.24, 2.45) is 0 Å². The number of benzene rings is 1. The maximum Gasteiger partial charge on any atom is 0.0429 e. The molecule has 0 aliphatic carbocycles. The van der Waals surface area contributed by atoms with Gasteiger partial charge in [-0.1, -0.05) is 32.0 Å². The lowest BCUT2D eigenvalue weighted by atomic mass is 9.97.